The van der Waals surface area contributed by atoms with Crippen LogP contribution in [0.4, 0.5) is 4.79 Å². The number of hydrogen-bond donors (Lipinski definition) is 1. The predicted octanol–water partition coefficient (Wildman–Crippen LogP) is 1.63. The molecule has 5 nitrogen and oxygen atoms in total. The zero-order valence-electron chi connectivity index (χ0n) is 9.88. The lowest BCUT2D eigenvalue weighted by Crippen LogP contribution is -2.25. The predicted molar refractivity (Wildman–Crippen MR) is 60.0 cm³/mol. The smallest absolute Gasteiger partial charge is 0.407 e. The summed E-state index contributed by atoms with van der Waals surface area (Å²) in [4.78, 5) is 21.8. The lowest BCUT2D eigenvalue weighted by Gasteiger charge is -2.05. The van der Waals surface area contributed by atoms with Crippen LogP contribution in [0.15, 0.2) is 12.2 Å². The van der Waals surface area contributed by atoms with Crippen molar-refractivity contribution in [3.63, 3.8) is 0 Å². The van der Waals surface area contributed by atoms with E-state index in [0.29, 0.717) is 31.8 Å². The minimum absolute atomic E-state index is 0.343. The standard InChI is InChI=1S/C11H19NO4/c1-4-15-11(14)12-7-5-6-8-16-10(13)9(2)3/h2,4-8H2,1,3H3,(H,12,14). The number of nitrogens with one attached hydrogen (secondary N) is 1. The summed E-state index contributed by atoms with van der Waals surface area (Å²) in [5.74, 6) is -0.377. The molecule has 1 amide bonds. The molecule has 0 bridgehead atoms. The molecule has 0 saturated heterocycles. The maximum Gasteiger partial charge on any atom is 0.407 e. The quantitative estimate of drug-likeness (QED) is 0.409. The Kier molecular flexibility index (Phi) is 7.93. The van der Waals surface area contributed by atoms with Gasteiger partial charge in [0.15, 0.2) is 0 Å². The summed E-state index contributed by atoms with van der Waals surface area (Å²) in [6.45, 7) is 8.04. The summed E-state index contributed by atoms with van der Waals surface area (Å²) in [6, 6.07) is 0. The molecular formula is C11H19NO4. The second-order valence-corrected chi connectivity index (χ2v) is 3.27. The molecular weight excluding hydrogens is 210 g/mol. The first-order valence-electron chi connectivity index (χ1n) is 5.31. The van der Waals surface area contributed by atoms with Crippen molar-refractivity contribution in [2.75, 3.05) is 19.8 Å². The van der Waals surface area contributed by atoms with Crippen LogP contribution < -0.4 is 5.32 Å². The van der Waals surface area contributed by atoms with Crippen molar-refractivity contribution in [1.29, 1.82) is 0 Å². The Morgan fingerprint density at radius 1 is 1.25 bits per heavy atom. The third kappa shape index (κ3) is 7.84. The van der Waals surface area contributed by atoms with Crippen LogP contribution in [-0.4, -0.2) is 31.8 Å². The number of hydrogen-bond acceptors (Lipinski definition) is 4. The molecule has 0 radical (unpaired) electrons. The number of esters is 1. The van der Waals surface area contributed by atoms with Crippen LogP contribution in [0.1, 0.15) is 26.7 Å². The molecule has 0 unspecified atom stereocenters. The normalized spacial score (nSPS) is 9.38. The van der Waals surface area contributed by atoms with Gasteiger partial charge >= 0.3 is 12.1 Å². The van der Waals surface area contributed by atoms with Gasteiger partial charge in [-0.25, -0.2) is 9.59 Å². The molecule has 0 aromatic heterocycles. The highest BCUT2D eigenvalue weighted by molar-refractivity contribution is 5.86. The van der Waals surface area contributed by atoms with Crippen LogP contribution >= 0.6 is 0 Å². The van der Waals surface area contributed by atoms with E-state index in [9.17, 15) is 9.59 Å². The van der Waals surface area contributed by atoms with Crippen molar-refractivity contribution in [3.8, 4) is 0 Å². The maximum atomic E-state index is 11.0. The topological polar surface area (TPSA) is 64.6 Å². The molecule has 0 aliphatic carbocycles. The van der Waals surface area contributed by atoms with Gasteiger partial charge in [0.1, 0.15) is 0 Å². The van der Waals surface area contributed by atoms with Gasteiger partial charge < -0.3 is 14.8 Å². The van der Waals surface area contributed by atoms with Crippen LogP contribution in [-0.2, 0) is 14.3 Å². The molecule has 0 aliphatic heterocycles. The molecule has 0 rings (SSSR count). The number of amides is 1. The third-order valence-electron chi connectivity index (χ3n) is 1.70. The van der Waals surface area contributed by atoms with Crippen molar-refractivity contribution in [1.82, 2.24) is 5.32 Å². The van der Waals surface area contributed by atoms with E-state index in [0.717, 1.165) is 6.42 Å². The lowest BCUT2D eigenvalue weighted by atomic mass is 10.3. The van der Waals surface area contributed by atoms with Gasteiger partial charge in [-0.2, -0.15) is 0 Å². The molecule has 0 saturated carbocycles. The largest absolute Gasteiger partial charge is 0.462 e. The number of carbonyl (C=O) groups is 2. The second-order valence-electron chi connectivity index (χ2n) is 3.27. The van der Waals surface area contributed by atoms with Gasteiger partial charge in [0.05, 0.1) is 13.2 Å². The fourth-order valence-corrected chi connectivity index (χ4v) is 0.888. The monoisotopic (exact) mass is 229 g/mol. The SMILES string of the molecule is C=C(C)C(=O)OCCCCNC(=O)OCC. The van der Waals surface area contributed by atoms with Crippen LogP contribution in [0.5, 0.6) is 0 Å². The van der Waals surface area contributed by atoms with E-state index in [1.807, 2.05) is 0 Å². The Labute approximate surface area is 95.8 Å². The van der Waals surface area contributed by atoms with Gasteiger partial charge in [-0.3, -0.25) is 0 Å². The van der Waals surface area contributed by atoms with Crippen LogP contribution in [0, 0.1) is 0 Å². The minimum Gasteiger partial charge on any atom is -0.462 e. The van der Waals surface area contributed by atoms with Gasteiger partial charge in [-0.15, -0.1) is 0 Å². The highest BCUT2D eigenvalue weighted by Gasteiger charge is 2.02. The molecule has 0 fully saturated rings. The van der Waals surface area contributed by atoms with Crippen LogP contribution in [0.3, 0.4) is 0 Å². The number of ether oxygens (including phenoxy) is 2. The molecule has 0 aliphatic rings. The van der Waals surface area contributed by atoms with Crippen molar-refractivity contribution in [3.05, 3.63) is 12.2 Å². The Bertz CT molecular complexity index is 250. The van der Waals surface area contributed by atoms with Gasteiger partial charge in [-0.05, 0) is 26.7 Å². The van der Waals surface area contributed by atoms with E-state index in [1.165, 1.54) is 0 Å². The van der Waals surface area contributed by atoms with E-state index < -0.39 is 6.09 Å². The molecule has 0 spiro atoms. The molecule has 0 aromatic carbocycles. The molecule has 0 aromatic rings. The first-order valence-corrected chi connectivity index (χ1v) is 5.31. The summed E-state index contributed by atoms with van der Waals surface area (Å²) < 4.78 is 9.55. The van der Waals surface area contributed by atoms with Gasteiger partial charge in [0.2, 0.25) is 0 Å². The number of rotatable bonds is 7. The Balaban J connectivity index is 3.31. The highest BCUT2D eigenvalue weighted by atomic mass is 16.5. The van der Waals surface area contributed by atoms with Gasteiger partial charge in [0, 0.05) is 12.1 Å². The summed E-state index contributed by atoms with van der Waals surface area (Å²) in [5, 5.41) is 2.58. The summed E-state index contributed by atoms with van der Waals surface area (Å²) in [5.41, 5.74) is 0.393. The molecule has 0 atom stereocenters. The summed E-state index contributed by atoms with van der Waals surface area (Å²) >= 11 is 0. The second kappa shape index (κ2) is 8.76. The molecule has 0 heterocycles. The van der Waals surface area contributed by atoms with E-state index in [1.54, 1.807) is 13.8 Å². The number of alkyl carbamates (subject to hydrolysis) is 1. The number of carbonyl (C=O) groups excluding carboxylic acids is 2. The van der Waals surface area contributed by atoms with E-state index in [2.05, 4.69) is 16.6 Å². The first kappa shape index (κ1) is 14.5. The Morgan fingerprint density at radius 2 is 1.94 bits per heavy atom. The fourth-order valence-electron chi connectivity index (χ4n) is 0.888. The summed E-state index contributed by atoms with van der Waals surface area (Å²) in [7, 11) is 0. The molecule has 5 heteroatoms. The fraction of sp³-hybridized carbons (Fsp3) is 0.636. The third-order valence-corrected chi connectivity index (χ3v) is 1.70. The Hall–Kier alpha value is -1.52. The zero-order valence-corrected chi connectivity index (χ0v) is 9.88. The van der Waals surface area contributed by atoms with E-state index in [-0.39, 0.29) is 5.97 Å². The van der Waals surface area contributed by atoms with Crippen molar-refractivity contribution < 1.29 is 19.1 Å². The zero-order chi connectivity index (χ0) is 12.4. The first-order chi connectivity index (χ1) is 7.57. The average Bonchev–Trinajstić information content (AvgIpc) is 2.23. The molecule has 1 N–H and O–H groups in total. The van der Waals surface area contributed by atoms with Gasteiger partial charge in [-0.1, -0.05) is 6.58 Å². The molecule has 16 heavy (non-hydrogen) atoms. The van der Waals surface area contributed by atoms with Gasteiger partial charge in [0.25, 0.3) is 0 Å². The van der Waals surface area contributed by atoms with Crippen LogP contribution in [0.2, 0.25) is 0 Å². The Morgan fingerprint density at radius 3 is 2.50 bits per heavy atom. The van der Waals surface area contributed by atoms with E-state index in [4.69, 9.17) is 4.74 Å². The van der Waals surface area contributed by atoms with Crippen molar-refractivity contribution in [2.45, 2.75) is 26.7 Å². The van der Waals surface area contributed by atoms with Crippen molar-refractivity contribution >= 4 is 12.1 Å². The van der Waals surface area contributed by atoms with Crippen molar-refractivity contribution in [2.24, 2.45) is 0 Å². The maximum absolute atomic E-state index is 11.0. The average molecular weight is 229 g/mol. The van der Waals surface area contributed by atoms with E-state index >= 15 is 0 Å². The highest BCUT2D eigenvalue weighted by Crippen LogP contribution is 1.95. The van der Waals surface area contributed by atoms with Crippen LogP contribution in [0.25, 0.3) is 0 Å². The number of unbranched alkanes of at least 4 members (excludes halogenated alkanes) is 1. The summed E-state index contributed by atoms with van der Waals surface area (Å²) in [6.07, 6.45) is 1.02. The minimum atomic E-state index is -0.415. The lowest BCUT2D eigenvalue weighted by molar-refractivity contribution is -0.139. The molecule has 92 valence electrons.